The average molecular weight is 278 g/mol. The molecule has 0 saturated heterocycles. The molecule has 0 heterocycles. The number of nitrogens with one attached hydrogen (secondary N) is 1. The lowest BCUT2D eigenvalue weighted by Crippen LogP contribution is -1.93. The van der Waals surface area contributed by atoms with E-state index in [4.69, 9.17) is 4.89 Å². The molecule has 7 heteroatoms. The van der Waals surface area contributed by atoms with Gasteiger partial charge in [-0.15, -0.1) is 11.8 Å². The van der Waals surface area contributed by atoms with Crippen LogP contribution < -0.4 is 5.32 Å². The number of hydrogen-bond donors (Lipinski definition) is 3. The van der Waals surface area contributed by atoms with Crippen LogP contribution in [0.5, 0.6) is 0 Å². The molecular weight excluding hydrogens is 267 g/mol. The maximum Gasteiger partial charge on any atom is 0.227 e. The van der Waals surface area contributed by atoms with Crippen LogP contribution in [0.25, 0.3) is 0 Å². The molecule has 0 saturated carbocycles. The topological polar surface area (TPSA) is 44.6 Å². The Morgan fingerprint density at radius 1 is 1.53 bits per heavy atom. The van der Waals surface area contributed by atoms with Gasteiger partial charge in [-0.1, -0.05) is 12.2 Å². The molecule has 0 aliphatic rings. The predicted octanol–water partition coefficient (Wildman–Crippen LogP) is 3.00. The highest BCUT2D eigenvalue weighted by Gasteiger charge is 1.98. The monoisotopic (exact) mass is 278 g/mol. The van der Waals surface area contributed by atoms with Crippen LogP contribution in [0.1, 0.15) is 0 Å². The van der Waals surface area contributed by atoms with Crippen molar-refractivity contribution in [2.45, 2.75) is 4.90 Å². The van der Waals surface area contributed by atoms with Crippen LogP contribution in [0.2, 0.25) is 0 Å². The second-order valence-electron chi connectivity index (χ2n) is 2.63. The summed E-state index contributed by atoms with van der Waals surface area (Å²) in [6.45, 7) is 0. The lowest BCUT2D eigenvalue weighted by Gasteiger charge is -2.02. The summed E-state index contributed by atoms with van der Waals surface area (Å²) in [6.07, 6.45) is 3.40. The Morgan fingerprint density at radius 2 is 2.13 bits per heavy atom. The zero-order chi connectivity index (χ0) is 11.3. The van der Waals surface area contributed by atoms with Crippen molar-refractivity contribution in [1.82, 2.24) is 0 Å². The smallest absolute Gasteiger partial charge is 0.227 e. The van der Waals surface area contributed by atoms with Crippen molar-refractivity contribution in [3.05, 3.63) is 24.3 Å². The third kappa shape index (κ3) is 5.58. The molecule has 0 aromatic heterocycles. The third-order valence-electron chi connectivity index (χ3n) is 1.53. The number of thioether (sulfide) groups is 1. The first kappa shape index (κ1) is 13.1. The molecule has 0 spiro atoms. The molecular formula is C8H11N2OPS3. The SMILES string of the molecule is CSc1ccc(NC=NP(O)(=S)S)cc1. The molecule has 1 aromatic rings. The van der Waals surface area contributed by atoms with Crippen LogP contribution in [0.4, 0.5) is 5.69 Å². The number of thiol groups is 1. The van der Waals surface area contributed by atoms with Gasteiger partial charge in [-0.2, -0.15) is 0 Å². The van der Waals surface area contributed by atoms with Crippen LogP contribution in [0.15, 0.2) is 33.9 Å². The van der Waals surface area contributed by atoms with E-state index in [-0.39, 0.29) is 0 Å². The van der Waals surface area contributed by atoms with E-state index in [0.717, 1.165) is 5.69 Å². The lowest BCUT2D eigenvalue weighted by molar-refractivity contribution is 0.641. The molecule has 82 valence electrons. The normalized spacial score (nSPS) is 15.1. The van der Waals surface area contributed by atoms with Crippen molar-refractivity contribution in [3.63, 3.8) is 0 Å². The Morgan fingerprint density at radius 3 is 2.60 bits per heavy atom. The summed E-state index contributed by atoms with van der Waals surface area (Å²) in [4.78, 5) is 10.3. The van der Waals surface area contributed by atoms with E-state index in [0.29, 0.717) is 0 Å². The van der Waals surface area contributed by atoms with Gasteiger partial charge in [0, 0.05) is 10.6 Å². The number of anilines is 1. The second-order valence-corrected chi connectivity index (χ2v) is 8.78. The van der Waals surface area contributed by atoms with Crippen molar-refractivity contribution in [2.24, 2.45) is 4.76 Å². The Hall–Kier alpha value is 0. The van der Waals surface area contributed by atoms with Crippen LogP contribution in [-0.4, -0.2) is 17.5 Å². The van der Waals surface area contributed by atoms with Gasteiger partial charge in [-0.05, 0) is 42.3 Å². The number of benzene rings is 1. The van der Waals surface area contributed by atoms with Gasteiger partial charge < -0.3 is 10.2 Å². The molecule has 1 aromatic carbocycles. The highest BCUT2D eigenvalue weighted by molar-refractivity contribution is 8.61. The van der Waals surface area contributed by atoms with Crippen molar-refractivity contribution < 1.29 is 4.89 Å². The number of hydrogen-bond acceptors (Lipinski definition) is 2. The first-order valence-electron chi connectivity index (χ1n) is 4.01. The van der Waals surface area contributed by atoms with E-state index < -0.39 is 5.62 Å². The first-order chi connectivity index (χ1) is 7.01. The van der Waals surface area contributed by atoms with Crippen LogP contribution in [0, 0.1) is 0 Å². The standard InChI is InChI=1S/C8H11N2OPS3/c1-15-8-4-2-7(3-5-8)9-6-10-12(11,13)14/h2-6H,1H3,(H3,9,10,11,13,14). The van der Waals surface area contributed by atoms with Crippen molar-refractivity contribution >= 4 is 53.5 Å². The zero-order valence-electron chi connectivity index (χ0n) is 7.99. The average Bonchev–Trinajstić information content (AvgIpc) is 2.17. The van der Waals surface area contributed by atoms with E-state index >= 15 is 0 Å². The van der Waals surface area contributed by atoms with Gasteiger partial charge in [0.1, 0.15) is 0 Å². The van der Waals surface area contributed by atoms with E-state index in [1.54, 1.807) is 11.8 Å². The Balaban J connectivity index is 2.59. The van der Waals surface area contributed by atoms with Gasteiger partial charge in [0.15, 0.2) is 0 Å². The summed E-state index contributed by atoms with van der Waals surface area (Å²) in [5.41, 5.74) is -1.89. The van der Waals surface area contributed by atoms with Gasteiger partial charge in [0.05, 0.1) is 6.34 Å². The first-order valence-corrected chi connectivity index (χ1v) is 9.10. The van der Waals surface area contributed by atoms with E-state index in [9.17, 15) is 0 Å². The summed E-state index contributed by atoms with van der Waals surface area (Å²) in [5, 5.41) is 2.90. The number of nitrogens with zero attached hydrogens (tertiary/aromatic N) is 1. The maximum absolute atomic E-state index is 9.13. The largest absolute Gasteiger partial charge is 0.346 e. The molecule has 0 fully saturated rings. The lowest BCUT2D eigenvalue weighted by atomic mass is 10.3. The highest BCUT2D eigenvalue weighted by atomic mass is 32.9. The maximum atomic E-state index is 9.13. The van der Waals surface area contributed by atoms with Gasteiger partial charge >= 0.3 is 0 Å². The summed E-state index contributed by atoms with van der Waals surface area (Å²) >= 11 is 10.1. The molecule has 3 nitrogen and oxygen atoms in total. The minimum atomic E-state index is -2.79. The molecule has 2 N–H and O–H groups in total. The van der Waals surface area contributed by atoms with E-state index in [1.165, 1.54) is 11.2 Å². The molecule has 0 aliphatic carbocycles. The van der Waals surface area contributed by atoms with E-state index in [1.807, 2.05) is 30.5 Å². The zero-order valence-corrected chi connectivity index (χ0v) is 11.4. The Bertz CT molecular complexity index is 387. The van der Waals surface area contributed by atoms with E-state index in [2.05, 4.69) is 34.1 Å². The number of rotatable bonds is 4. The quantitative estimate of drug-likeness (QED) is 0.260. The fourth-order valence-corrected chi connectivity index (χ4v) is 1.78. The highest BCUT2D eigenvalue weighted by Crippen LogP contribution is 2.47. The Labute approximate surface area is 104 Å². The van der Waals surface area contributed by atoms with Crippen LogP contribution in [0.3, 0.4) is 0 Å². The summed E-state index contributed by atoms with van der Waals surface area (Å²) in [7, 11) is 0. The van der Waals surface area contributed by atoms with Gasteiger partial charge in [-0.25, -0.2) is 4.76 Å². The van der Waals surface area contributed by atoms with Crippen molar-refractivity contribution in [2.75, 3.05) is 11.6 Å². The Kier molecular flexibility index (Phi) is 5.15. The molecule has 0 amide bonds. The molecule has 0 bridgehead atoms. The van der Waals surface area contributed by atoms with Crippen LogP contribution >= 0.6 is 29.6 Å². The van der Waals surface area contributed by atoms with Gasteiger partial charge in [0.2, 0.25) is 5.62 Å². The van der Waals surface area contributed by atoms with Crippen molar-refractivity contribution in [1.29, 1.82) is 0 Å². The summed E-state index contributed by atoms with van der Waals surface area (Å²) < 4.78 is 3.70. The molecule has 1 unspecified atom stereocenters. The molecule has 1 atom stereocenters. The molecule has 1 rings (SSSR count). The second kappa shape index (κ2) is 5.92. The van der Waals surface area contributed by atoms with Gasteiger partial charge in [-0.3, -0.25) is 0 Å². The fraction of sp³-hybridized carbons (Fsp3) is 0.125. The minimum absolute atomic E-state index is 0.897. The molecule has 0 aliphatic heterocycles. The third-order valence-corrected chi connectivity index (χ3v) is 3.28. The summed E-state index contributed by atoms with van der Waals surface area (Å²) in [6, 6.07) is 7.85. The predicted molar refractivity (Wildman–Crippen MR) is 75.8 cm³/mol. The summed E-state index contributed by atoms with van der Waals surface area (Å²) in [5.74, 6) is 0. The molecule has 0 radical (unpaired) electrons. The fourth-order valence-electron chi connectivity index (χ4n) is 0.866. The van der Waals surface area contributed by atoms with Crippen LogP contribution in [-0.2, 0) is 11.8 Å². The molecule has 15 heavy (non-hydrogen) atoms. The van der Waals surface area contributed by atoms with Gasteiger partial charge in [0.25, 0.3) is 0 Å². The van der Waals surface area contributed by atoms with Crippen molar-refractivity contribution in [3.8, 4) is 0 Å². The minimum Gasteiger partial charge on any atom is -0.346 e.